The van der Waals surface area contributed by atoms with Crippen molar-refractivity contribution in [1.82, 2.24) is 4.98 Å². The number of carbonyl (C=O) groups excluding carboxylic acids is 1. The lowest BCUT2D eigenvalue weighted by Crippen LogP contribution is -2.04. The van der Waals surface area contributed by atoms with Gasteiger partial charge in [-0.1, -0.05) is 50.2 Å². The molecule has 0 atom stereocenters. The van der Waals surface area contributed by atoms with Crippen molar-refractivity contribution in [3.63, 3.8) is 0 Å². The van der Waals surface area contributed by atoms with Crippen molar-refractivity contribution in [2.75, 3.05) is 0 Å². The Morgan fingerprint density at radius 2 is 1.81 bits per heavy atom. The van der Waals surface area contributed by atoms with Crippen LogP contribution in [-0.4, -0.2) is 10.8 Å². The zero-order chi connectivity index (χ0) is 14.8. The van der Waals surface area contributed by atoms with Gasteiger partial charge in [0.1, 0.15) is 0 Å². The first-order valence-corrected chi connectivity index (χ1v) is 7.33. The van der Waals surface area contributed by atoms with Crippen molar-refractivity contribution in [3.05, 3.63) is 71.4 Å². The van der Waals surface area contributed by atoms with Gasteiger partial charge in [-0.05, 0) is 29.2 Å². The molecule has 0 amide bonds. The number of H-pyrrole nitrogens is 1. The molecule has 0 spiro atoms. The number of benzene rings is 2. The van der Waals surface area contributed by atoms with Gasteiger partial charge in [-0.3, -0.25) is 4.79 Å². The van der Waals surface area contributed by atoms with Crippen LogP contribution in [0.4, 0.5) is 0 Å². The van der Waals surface area contributed by atoms with Crippen LogP contribution >= 0.6 is 0 Å². The third-order valence-corrected chi connectivity index (χ3v) is 3.94. The van der Waals surface area contributed by atoms with Crippen molar-refractivity contribution in [1.29, 1.82) is 0 Å². The smallest absolute Gasteiger partial charge is 0.167 e. The Labute approximate surface area is 124 Å². The molecule has 0 fully saturated rings. The van der Waals surface area contributed by atoms with Crippen LogP contribution in [-0.2, 0) is 6.42 Å². The lowest BCUT2D eigenvalue weighted by atomic mass is 9.97. The van der Waals surface area contributed by atoms with Crippen LogP contribution in [0.15, 0.2) is 54.7 Å². The van der Waals surface area contributed by atoms with E-state index < -0.39 is 0 Å². The molecule has 0 saturated carbocycles. The SMILES string of the molecule is CC(C)c1ccc(C(=O)Cc2cccc3[nH]ccc23)cc1. The normalized spacial score (nSPS) is 11.2. The van der Waals surface area contributed by atoms with Crippen molar-refractivity contribution in [2.45, 2.75) is 26.2 Å². The molecule has 0 saturated heterocycles. The predicted molar refractivity (Wildman–Crippen MR) is 86.9 cm³/mol. The number of aromatic amines is 1. The Kier molecular flexibility index (Phi) is 3.61. The van der Waals surface area contributed by atoms with Gasteiger partial charge in [-0.15, -0.1) is 0 Å². The van der Waals surface area contributed by atoms with E-state index in [9.17, 15) is 4.79 Å². The number of fused-ring (bicyclic) bond motifs is 1. The summed E-state index contributed by atoms with van der Waals surface area (Å²) in [5, 5.41) is 1.13. The van der Waals surface area contributed by atoms with Gasteiger partial charge in [-0.2, -0.15) is 0 Å². The molecule has 21 heavy (non-hydrogen) atoms. The quantitative estimate of drug-likeness (QED) is 0.688. The van der Waals surface area contributed by atoms with Gasteiger partial charge in [0.05, 0.1) is 0 Å². The van der Waals surface area contributed by atoms with Crippen LogP contribution in [0.25, 0.3) is 10.9 Å². The average molecular weight is 277 g/mol. The van der Waals surface area contributed by atoms with E-state index in [1.54, 1.807) is 0 Å². The summed E-state index contributed by atoms with van der Waals surface area (Å²) < 4.78 is 0. The van der Waals surface area contributed by atoms with E-state index in [1.165, 1.54) is 5.56 Å². The Balaban J connectivity index is 1.84. The van der Waals surface area contributed by atoms with Gasteiger partial charge in [0.2, 0.25) is 0 Å². The van der Waals surface area contributed by atoms with Crippen LogP contribution in [0.3, 0.4) is 0 Å². The molecule has 2 aromatic carbocycles. The Hall–Kier alpha value is -2.35. The summed E-state index contributed by atoms with van der Waals surface area (Å²) in [4.78, 5) is 15.6. The summed E-state index contributed by atoms with van der Waals surface area (Å²) in [6.45, 7) is 4.31. The minimum absolute atomic E-state index is 0.166. The van der Waals surface area contributed by atoms with Gasteiger partial charge in [0, 0.05) is 29.1 Å². The zero-order valence-corrected chi connectivity index (χ0v) is 12.4. The largest absolute Gasteiger partial charge is 0.361 e. The maximum absolute atomic E-state index is 12.5. The molecule has 0 bridgehead atoms. The van der Waals surface area contributed by atoms with Gasteiger partial charge < -0.3 is 4.98 Å². The fourth-order valence-corrected chi connectivity index (χ4v) is 2.63. The Morgan fingerprint density at radius 3 is 2.52 bits per heavy atom. The monoisotopic (exact) mass is 277 g/mol. The number of ketones is 1. The molecular weight excluding hydrogens is 258 g/mol. The third kappa shape index (κ3) is 2.75. The summed E-state index contributed by atoms with van der Waals surface area (Å²) in [7, 11) is 0. The van der Waals surface area contributed by atoms with Crippen LogP contribution in [0.2, 0.25) is 0 Å². The van der Waals surface area contributed by atoms with Crippen LogP contribution < -0.4 is 0 Å². The molecule has 3 aromatic rings. The standard InChI is InChI=1S/C19H19NO/c1-13(2)14-6-8-15(9-7-14)19(21)12-16-4-3-5-18-17(16)10-11-20-18/h3-11,13,20H,12H2,1-2H3. The first kappa shape index (κ1) is 13.6. The highest BCUT2D eigenvalue weighted by Crippen LogP contribution is 2.20. The highest BCUT2D eigenvalue weighted by Gasteiger charge is 2.10. The van der Waals surface area contributed by atoms with E-state index in [4.69, 9.17) is 0 Å². The molecule has 1 N–H and O–H groups in total. The number of rotatable bonds is 4. The van der Waals surface area contributed by atoms with Gasteiger partial charge in [0.15, 0.2) is 5.78 Å². The summed E-state index contributed by atoms with van der Waals surface area (Å²) in [5.41, 5.74) is 4.20. The van der Waals surface area contributed by atoms with Crippen molar-refractivity contribution in [3.8, 4) is 0 Å². The summed E-state index contributed by atoms with van der Waals surface area (Å²) in [6, 6.07) is 16.0. The minimum Gasteiger partial charge on any atom is -0.361 e. The molecule has 2 nitrogen and oxygen atoms in total. The van der Waals surface area contributed by atoms with Gasteiger partial charge >= 0.3 is 0 Å². The van der Waals surface area contributed by atoms with E-state index in [2.05, 4.69) is 31.0 Å². The molecule has 0 aliphatic heterocycles. The third-order valence-electron chi connectivity index (χ3n) is 3.94. The Morgan fingerprint density at radius 1 is 1.05 bits per heavy atom. The fourth-order valence-electron chi connectivity index (χ4n) is 2.63. The fraction of sp³-hybridized carbons (Fsp3) is 0.211. The molecule has 3 rings (SSSR count). The van der Waals surface area contributed by atoms with Crippen LogP contribution in [0.5, 0.6) is 0 Å². The number of nitrogens with one attached hydrogen (secondary N) is 1. The van der Waals surface area contributed by atoms with E-state index in [-0.39, 0.29) is 5.78 Å². The number of aromatic nitrogens is 1. The molecule has 2 heteroatoms. The second-order valence-corrected chi connectivity index (χ2v) is 5.73. The maximum atomic E-state index is 12.5. The first-order valence-electron chi connectivity index (χ1n) is 7.33. The molecule has 0 unspecified atom stereocenters. The van der Waals surface area contributed by atoms with E-state index in [0.717, 1.165) is 22.0 Å². The molecule has 0 aliphatic carbocycles. The highest BCUT2D eigenvalue weighted by molar-refractivity contribution is 5.99. The van der Waals surface area contributed by atoms with E-state index in [0.29, 0.717) is 12.3 Å². The molecule has 0 aliphatic rings. The minimum atomic E-state index is 0.166. The van der Waals surface area contributed by atoms with Crippen molar-refractivity contribution < 1.29 is 4.79 Å². The second kappa shape index (κ2) is 5.57. The molecule has 1 heterocycles. The van der Waals surface area contributed by atoms with Gasteiger partial charge in [-0.25, -0.2) is 0 Å². The zero-order valence-electron chi connectivity index (χ0n) is 12.4. The Bertz CT molecular complexity index is 766. The number of carbonyl (C=O) groups is 1. The summed E-state index contributed by atoms with van der Waals surface area (Å²) >= 11 is 0. The lowest BCUT2D eigenvalue weighted by Gasteiger charge is -2.07. The number of hydrogen-bond donors (Lipinski definition) is 1. The van der Waals surface area contributed by atoms with Crippen LogP contribution in [0, 0.1) is 0 Å². The average Bonchev–Trinajstić information content (AvgIpc) is 2.97. The van der Waals surface area contributed by atoms with Crippen molar-refractivity contribution in [2.24, 2.45) is 0 Å². The summed E-state index contributed by atoms with van der Waals surface area (Å²) in [6.07, 6.45) is 2.35. The molecule has 0 radical (unpaired) electrons. The lowest BCUT2D eigenvalue weighted by molar-refractivity contribution is 0.0993. The highest BCUT2D eigenvalue weighted by atomic mass is 16.1. The van der Waals surface area contributed by atoms with Crippen LogP contribution in [0.1, 0.15) is 41.3 Å². The maximum Gasteiger partial charge on any atom is 0.167 e. The first-order chi connectivity index (χ1) is 10.1. The van der Waals surface area contributed by atoms with Gasteiger partial charge in [0.25, 0.3) is 0 Å². The predicted octanol–water partition coefficient (Wildman–Crippen LogP) is 4.72. The molecular formula is C19H19NO. The number of hydrogen-bond acceptors (Lipinski definition) is 1. The second-order valence-electron chi connectivity index (χ2n) is 5.73. The summed E-state index contributed by atoms with van der Waals surface area (Å²) in [5.74, 6) is 0.654. The molecule has 106 valence electrons. The number of Topliss-reactive ketones (excluding diaryl/α,β-unsaturated/α-hetero) is 1. The van der Waals surface area contributed by atoms with E-state index >= 15 is 0 Å². The molecule has 1 aromatic heterocycles. The van der Waals surface area contributed by atoms with Crippen molar-refractivity contribution >= 4 is 16.7 Å². The topological polar surface area (TPSA) is 32.9 Å². The van der Waals surface area contributed by atoms with E-state index in [1.807, 2.05) is 42.6 Å².